The molecule has 1 aromatic rings. The van der Waals surface area contributed by atoms with E-state index in [4.69, 9.17) is 21.1 Å². The molecule has 0 heterocycles. The summed E-state index contributed by atoms with van der Waals surface area (Å²) in [5.41, 5.74) is 0.572. The first-order valence-electron chi connectivity index (χ1n) is 4.00. The summed E-state index contributed by atoms with van der Waals surface area (Å²) in [5.74, 6) is 0. The van der Waals surface area contributed by atoms with Crippen molar-refractivity contribution in [2.45, 2.75) is 18.4 Å². The van der Waals surface area contributed by atoms with Crippen molar-refractivity contribution in [1.29, 1.82) is 5.26 Å². The Balaban J connectivity index is 3.71. The maximum absolute atomic E-state index is 11.2. The van der Waals surface area contributed by atoms with E-state index < -0.39 is 15.7 Å². The molecule has 0 fully saturated rings. The number of aliphatic hydroxyl groups is 1. The Bertz CT molecular complexity index is 531. The Hall–Kier alpha value is -1.09. The quantitative estimate of drug-likeness (QED) is 0.797. The van der Waals surface area contributed by atoms with Crippen LogP contribution in [0.1, 0.15) is 16.7 Å². The van der Waals surface area contributed by atoms with Crippen LogP contribution in [0.25, 0.3) is 0 Å². The molecule has 6 heteroatoms. The van der Waals surface area contributed by atoms with Crippen LogP contribution in [0.15, 0.2) is 17.0 Å². The first-order valence-corrected chi connectivity index (χ1v) is 6.31. The van der Waals surface area contributed by atoms with E-state index in [1.54, 1.807) is 13.0 Å². The molecule has 0 aromatic heterocycles. The molecule has 1 rings (SSSR count). The third-order valence-corrected chi connectivity index (χ3v) is 3.50. The number of nitrogens with zero attached hydrogens (tertiary/aromatic N) is 1. The van der Waals surface area contributed by atoms with Crippen LogP contribution in [-0.4, -0.2) is 13.5 Å². The van der Waals surface area contributed by atoms with Gasteiger partial charge in [0.1, 0.15) is 0 Å². The van der Waals surface area contributed by atoms with Gasteiger partial charge in [0.15, 0.2) is 0 Å². The maximum Gasteiger partial charge on any atom is 0.261 e. The van der Waals surface area contributed by atoms with E-state index in [9.17, 15) is 8.42 Å². The molecule has 0 amide bonds. The fraction of sp³-hybridized carbons (Fsp3) is 0.222. The first kappa shape index (κ1) is 12.0. The molecule has 0 bridgehead atoms. The molecule has 0 aliphatic heterocycles. The lowest BCUT2D eigenvalue weighted by molar-refractivity contribution is 0.278. The highest BCUT2D eigenvalue weighted by Crippen LogP contribution is 2.26. The summed E-state index contributed by atoms with van der Waals surface area (Å²) in [6, 6.07) is 4.73. The highest BCUT2D eigenvalue weighted by Gasteiger charge is 2.20. The average molecular weight is 246 g/mol. The zero-order valence-corrected chi connectivity index (χ0v) is 9.43. The second-order valence-corrected chi connectivity index (χ2v) is 5.45. The van der Waals surface area contributed by atoms with E-state index in [0.717, 1.165) is 0 Å². The largest absolute Gasteiger partial charge is 0.392 e. The molecule has 0 spiro atoms. The normalized spacial score (nSPS) is 11.1. The van der Waals surface area contributed by atoms with Gasteiger partial charge in [0, 0.05) is 16.2 Å². The Kier molecular flexibility index (Phi) is 3.35. The van der Waals surface area contributed by atoms with Gasteiger partial charge in [-0.2, -0.15) is 5.26 Å². The second-order valence-electron chi connectivity index (χ2n) is 2.95. The molecule has 1 N–H and O–H groups in total. The molecule has 0 aliphatic rings. The number of aliphatic hydroxyl groups excluding tert-OH is 1. The Morgan fingerprint density at radius 1 is 1.53 bits per heavy atom. The molecule has 0 aliphatic carbocycles. The van der Waals surface area contributed by atoms with Crippen molar-refractivity contribution >= 4 is 19.7 Å². The fourth-order valence-corrected chi connectivity index (χ4v) is 2.91. The van der Waals surface area contributed by atoms with Crippen LogP contribution in [0.2, 0.25) is 0 Å². The van der Waals surface area contributed by atoms with Crippen molar-refractivity contribution < 1.29 is 13.5 Å². The van der Waals surface area contributed by atoms with Gasteiger partial charge in [-0.05, 0) is 18.6 Å². The summed E-state index contributed by atoms with van der Waals surface area (Å²) in [6.45, 7) is 1.02. The smallest absolute Gasteiger partial charge is 0.261 e. The molecular formula is C9H8ClNO3S. The minimum atomic E-state index is -3.95. The third kappa shape index (κ3) is 2.29. The highest BCUT2D eigenvalue weighted by molar-refractivity contribution is 8.13. The number of nitriles is 1. The topological polar surface area (TPSA) is 78.2 Å². The zero-order valence-electron chi connectivity index (χ0n) is 7.86. The van der Waals surface area contributed by atoms with E-state index in [2.05, 4.69) is 0 Å². The van der Waals surface area contributed by atoms with Crippen molar-refractivity contribution in [2.24, 2.45) is 0 Å². The maximum atomic E-state index is 11.2. The van der Waals surface area contributed by atoms with Crippen LogP contribution in [0, 0.1) is 18.3 Å². The standard InChI is InChI=1S/C9H8ClNO3S/c1-6-2-3-7(4-11)8(5-12)9(6)15(10,13)14/h2-3,12H,5H2,1H3. The minimum absolute atomic E-state index is 0.0486. The van der Waals surface area contributed by atoms with Crippen LogP contribution in [0.4, 0.5) is 0 Å². The molecule has 0 saturated carbocycles. The lowest BCUT2D eigenvalue weighted by atomic mass is 10.1. The van der Waals surface area contributed by atoms with Crippen molar-refractivity contribution in [2.75, 3.05) is 0 Å². The lowest BCUT2D eigenvalue weighted by Crippen LogP contribution is -2.03. The van der Waals surface area contributed by atoms with Crippen LogP contribution < -0.4 is 0 Å². The van der Waals surface area contributed by atoms with E-state index >= 15 is 0 Å². The number of aryl methyl sites for hydroxylation is 1. The van der Waals surface area contributed by atoms with Gasteiger partial charge in [-0.1, -0.05) is 6.07 Å². The molecule has 0 unspecified atom stereocenters. The summed E-state index contributed by atoms with van der Waals surface area (Å²) < 4.78 is 22.5. The molecule has 15 heavy (non-hydrogen) atoms. The number of hydrogen-bond acceptors (Lipinski definition) is 4. The Morgan fingerprint density at radius 3 is 2.53 bits per heavy atom. The van der Waals surface area contributed by atoms with Gasteiger partial charge in [0.25, 0.3) is 9.05 Å². The van der Waals surface area contributed by atoms with Crippen molar-refractivity contribution in [3.63, 3.8) is 0 Å². The molecule has 80 valence electrons. The number of halogens is 1. The molecule has 4 nitrogen and oxygen atoms in total. The van der Waals surface area contributed by atoms with Gasteiger partial charge in [0.2, 0.25) is 0 Å². The third-order valence-electron chi connectivity index (χ3n) is 1.98. The van der Waals surface area contributed by atoms with Gasteiger partial charge in [0.05, 0.1) is 23.1 Å². The summed E-state index contributed by atoms with van der Waals surface area (Å²) in [6.07, 6.45) is 0. The van der Waals surface area contributed by atoms with Crippen LogP contribution in [0.5, 0.6) is 0 Å². The monoisotopic (exact) mass is 245 g/mol. The van der Waals surface area contributed by atoms with Crippen LogP contribution in [0.3, 0.4) is 0 Å². The summed E-state index contributed by atoms with van der Waals surface area (Å²) in [4.78, 5) is -0.175. The number of benzene rings is 1. The Morgan fingerprint density at radius 2 is 2.13 bits per heavy atom. The van der Waals surface area contributed by atoms with Crippen LogP contribution in [-0.2, 0) is 15.7 Å². The van der Waals surface area contributed by atoms with Crippen molar-refractivity contribution in [3.8, 4) is 6.07 Å². The van der Waals surface area contributed by atoms with E-state index in [-0.39, 0.29) is 16.0 Å². The van der Waals surface area contributed by atoms with E-state index in [1.807, 2.05) is 0 Å². The minimum Gasteiger partial charge on any atom is -0.392 e. The lowest BCUT2D eigenvalue weighted by Gasteiger charge is -2.08. The molecule has 0 saturated heterocycles. The fourth-order valence-electron chi connectivity index (χ4n) is 1.35. The molecule has 1 aromatic carbocycles. The molecular weight excluding hydrogens is 238 g/mol. The highest BCUT2D eigenvalue weighted by atomic mass is 35.7. The second kappa shape index (κ2) is 4.19. The molecule has 0 radical (unpaired) electrons. The van der Waals surface area contributed by atoms with Gasteiger partial charge < -0.3 is 5.11 Å². The summed E-state index contributed by atoms with van der Waals surface area (Å²) in [7, 11) is 1.28. The molecule has 0 atom stereocenters. The van der Waals surface area contributed by atoms with E-state index in [1.165, 1.54) is 12.1 Å². The first-order chi connectivity index (χ1) is 6.91. The van der Waals surface area contributed by atoms with Crippen molar-refractivity contribution in [1.82, 2.24) is 0 Å². The van der Waals surface area contributed by atoms with Gasteiger partial charge in [-0.25, -0.2) is 8.42 Å². The zero-order chi connectivity index (χ0) is 11.6. The summed E-state index contributed by atoms with van der Waals surface area (Å²) >= 11 is 0. The van der Waals surface area contributed by atoms with Gasteiger partial charge in [-0.3, -0.25) is 0 Å². The SMILES string of the molecule is Cc1ccc(C#N)c(CO)c1S(=O)(=O)Cl. The van der Waals surface area contributed by atoms with Crippen molar-refractivity contribution in [3.05, 3.63) is 28.8 Å². The predicted molar refractivity (Wildman–Crippen MR) is 54.9 cm³/mol. The van der Waals surface area contributed by atoms with E-state index in [0.29, 0.717) is 5.56 Å². The van der Waals surface area contributed by atoms with Gasteiger partial charge in [-0.15, -0.1) is 0 Å². The van der Waals surface area contributed by atoms with Gasteiger partial charge >= 0.3 is 0 Å². The van der Waals surface area contributed by atoms with Crippen LogP contribution >= 0.6 is 10.7 Å². The predicted octanol–water partition coefficient (Wildman–Crippen LogP) is 1.29. The average Bonchev–Trinajstić information content (AvgIpc) is 2.15. The number of rotatable bonds is 2. The Labute approximate surface area is 92.1 Å². The number of hydrogen-bond donors (Lipinski definition) is 1. The summed E-state index contributed by atoms with van der Waals surface area (Å²) in [5, 5.41) is 17.8.